The highest BCUT2D eigenvalue weighted by Crippen LogP contribution is 2.26. The number of nitrogens with zero attached hydrogens (tertiary/aromatic N) is 1. The fourth-order valence-electron chi connectivity index (χ4n) is 3.61. The Morgan fingerprint density at radius 1 is 0.903 bits per heavy atom. The van der Waals surface area contributed by atoms with Gasteiger partial charge in [-0.1, -0.05) is 42.0 Å². The lowest BCUT2D eigenvalue weighted by Gasteiger charge is -2.22. The summed E-state index contributed by atoms with van der Waals surface area (Å²) >= 11 is 0. The lowest BCUT2D eigenvalue weighted by molar-refractivity contribution is 0.0939. The number of carbonyl (C=O) groups excluding carboxylic acids is 1. The fourth-order valence-corrected chi connectivity index (χ4v) is 4.90. The molecule has 0 aliphatic heterocycles. The number of amides is 1. The molecular weight excluding hydrogens is 408 g/mol. The van der Waals surface area contributed by atoms with E-state index in [4.69, 9.17) is 0 Å². The molecule has 0 spiro atoms. The minimum Gasteiger partial charge on any atom is -0.346 e. The summed E-state index contributed by atoms with van der Waals surface area (Å²) in [6, 6.07) is 19.4. The van der Waals surface area contributed by atoms with Gasteiger partial charge in [0.2, 0.25) is 0 Å². The summed E-state index contributed by atoms with van der Waals surface area (Å²) in [5.41, 5.74) is 5.07. The molecule has 3 aromatic carbocycles. The zero-order valence-corrected chi connectivity index (χ0v) is 19.3. The molecule has 3 aromatic rings. The summed E-state index contributed by atoms with van der Waals surface area (Å²) in [7, 11) is -2.16. The van der Waals surface area contributed by atoms with Gasteiger partial charge >= 0.3 is 0 Å². The highest BCUT2D eigenvalue weighted by Gasteiger charge is 2.23. The van der Waals surface area contributed by atoms with E-state index < -0.39 is 10.0 Å². The second kappa shape index (κ2) is 8.94. The molecule has 0 radical (unpaired) electrons. The van der Waals surface area contributed by atoms with Crippen LogP contribution in [0.3, 0.4) is 0 Å². The van der Waals surface area contributed by atoms with Crippen LogP contribution in [-0.2, 0) is 10.0 Å². The van der Waals surface area contributed by atoms with E-state index in [1.807, 2.05) is 20.8 Å². The minimum absolute atomic E-state index is 0.145. The maximum Gasteiger partial charge on any atom is 0.264 e. The van der Waals surface area contributed by atoms with Crippen LogP contribution in [0.2, 0.25) is 0 Å². The quantitative estimate of drug-likeness (QED) is 0.596. The van der Waals surface area contributed by atoms with E-state index in [9.17, 15) is 13.2 Å². The van der Waals surface area contributed by atoms with Crippen LogP contribution >= 0.6 is 0 Å². The second-order valence-electron chi connectivity index (χ2n) is 7.84. The Labute approximate surface area is 184 Å². The van der Waals surface area contributed by atoms with Crippen molar-refractivity contribution in [2.75, 3.05) is 11.4 Å². The number of benzene rings is 3. The van der Waals surface area contributed by atoms with E-state index in [0.717, 1.165) is 16.7 Å². The SMILES string of the molecule is Cc1ccc(C)c([C@@H](C)NC(=O)c2ccc(N(C)S(=O)(=O)c3ccccc3)c(C)c2)c1. The summed E-state index contributed by atoms with van der Waals surface area (Å²) in [5.74, 6) is -0.198. The summed E-state index contributed by atoms with van der Waals surface area (Å²) in [6.45, 7) is 7.82. The predicted octanol–water partition coefficient (Wildman–Crippen LogP) is 4.93. The first kappa shape index (κ1) is 22.6. The second-order valence-corrected chi connectivity index (χ2v) is 9.81. The molecule has 0 fully saturated rings. The summed E-state index contributed by atoms with van der Waals surface area (Å²) < 4.78 is 27.1. The third-order valence-corrected chi connectivity index (χ3v) is 7.23. The maximum atomic E-state index is 12.9. The molecule has 0 aliphatic rings. The molecule has 1 N–H and O–H groups in total. The number of sulfonamides is 1. The van der Waals surface area contributed by atoms with Gasteiger partial charge in [0, 0.05) is 12.6 Å². The van der Waals surface area contributed by atoms with Gasteiger partial charge in [-0.25, -0.2) is 8.42 Å². The molecule has 162 valence electrons. The molecule has 0 saturated heterocycles. The van der Waals surface area contributed by atoms with Gasteiger partial charge in [-0.3, -0.25) is 9.10 Å². The molecule has 0 saturated carbocycles. The topological polar surface area (TPSA) is 66.5 Å². The van der Waals surface area contributed by atoms with E-state index in [-0.39, 0.29) is 16.8 Å². The third kappa shape index (κ3) is 4.80. The van der Waals surface area contributed by atoms with Crippen LogP contribution < -0.4 is 9.62 Å². The molecule has 6 heteroatoms. The molecule has 31 heavy (non-hydrogen) atoms. The molecule has 1 atom stereocenters. The van der Waals surface area contributed by atoms with Gasteiger partial charge in [0.1, 0.15) is 0 Å². The number of aryl methyl sites for hydroxylation is 3. The molecule has 5 nitrogen and oxygen atoms in total. The van der Waals surface area contributed by atoms with Crippen molar-refractivity contribution in [2.45, 2.75) is 38.6 Å². The van der Waals surface area contributed by atoms with Gasteiger partial charge in [-0.2, -0.15) is 0 Å². The number of rotatable bonds is 6. The zero-order valence-electron chi connectivity index (χ0n) is 18.5. The Morgan fingerprint density at radius 3 is 2.23 bits per heavy atom. The van der Waals surface area contributed by atoms with Crippen LogP contribution in [0.15, 0.2) is 71.6 Å². The normalized spacial score (nSPS) is 12.3. The Bertz CT molecular complexity index is 1200. The van der Waals surface area contributed by atoms with Crippen LogP contribution in [-0.4, -0.2) is 21.4 Å². The monoisotopic (exact) mass is 436 g/mol. The Kier molecular flexibility index (Phi) is 6.51. The van der Waals surface area contributed by atoms with Crippen LogP contribution in [0.25, 0.3) is 0 Å². The predicted molar refractivity (Wildman–Crippen MR) is 125 cm³/mol. The molecule has 0 aromatic heterocycles. The fraction of sp³-hybridized carbons (Fsp3) is 0.240. The van der Waals surface area contributed by atoms with E-state index in [0.29, 0.717) is 16.8 Å². The number of anilines is 1. The highest BCUT2D eigenvalue weighted by atomic mass is 32.2. The lowest BCUT2D eigenvalue weighted by atomic mass is 9.99. The van der Waals surface area contributed by atoms with Gasteiger partial charge in [-0.15, -0.1) is 0 Å². The summed E-state index contributed by atoms with van der Waals surface area (Å²) in [5, 5.41) is 3.04. The average Bonchev–Trinajstić information content (AvgIpc) is 2.75. The summed E-state index contributed by atoms with van der Waals surface area (Å²) in [4.78, 5) is 13.1. The molecule has 0 aliphatic carbocycles. The molecular formula is C25H28N2O3S. The van der Waals surface area contributed by atoms with Crippen molar-refractivity contribution >= 4 is 21.6 Å². The van der Waals surface area contributed by atoms with Crippen molar-refractivity contribution in [3.63, 3.8) is 0 Å². The molecule has 0 heterocycles. The van der Waals surface area contributed by atoms with Gasteiger partial charge < -0.3 is 5.32 Å². The van der Waals surface area contributed by atoms with E-state index in [1.54, 1.807) is 55.5 Å². The Balaban J connectivity index is 1.81. The number of hydrogen-bond acceptors (Lipinski definition) is 3. The average molecular weight is 437 g/mol. The van der Waals surface area contributed by atoms with Crippen LogP contribution in [0, 0.1) is 20.8 Å². The Morgan fingerprint density at radius 2 is 1.58 bits per heavy atom. The first-order valence-corrected chi connectivity index (χ1v) is 11.6. The number of hydrogen-bond donors (Lipinski definition) is 1. The van der Waals surface area contributed by atoms with Gasteiger partial charge in [0.05, 0.1) is 16.6 Å². The molecule has 0 bridgehead atoms. The standard InChI is InChI=1S/C25H28N2O3S/c1-17-11-12-18(2)23(15-17)20(4)26-25(28)21-13-14-24(19(3)16-21)27(5)31(29,30)22-9-7-6-8-10-22/h6-16,20H,1-5H3,(H,26,28)/t20-/m1/s1. The van der Waals surface area contributed by atoms with Crippen LogP contribution in [0.1, 0.15) is 45.6 Å². The number of nitrogens with one attached hydrogen (secondary N) is 1. The first-order chi connectivity index (χ1) is 14.6. The van der Waals surface area contributed by atoms with Crippen molar-refractivity contribution in [3.8, 4) is 0 Å². The van der Waals surface area contributed by atoms with Crippen LogP contribution in [0.4, 0.5) is 5.69 Å². The van der Waals surface area contributed by atoms with Gasteiger partial charge in [0.15, 0.2) is 0 Å². The minimum atomic E-state index is -3.68. The highest BCUT2D eigenvalue weighted by molar-refractivity contribution is 7.92. The van der Waals surface area contributed by atoms with E-state index in [2.05, 4.69) is 23.5 Å². The van der Waals surface area contributed by atoms with Crippen molar-refractivity contribution in [1.82, 2.24) is 5.32 Å². The number of carbonyl (C=O) groups is 1. The third-order valence-electron chi connectivity index (χ3n) is 5.45. The molecule has 3 rings (SSSR count). The smallest absolute Gasteiger partial charge is 0.264 e. The van der Waals surface area contributed by atoms with Crippen LogP contribution in [0.5, 0.6) is 0 Å². The summed E-state index contributed by atoms with van der Waals surface area (Å²) in [6.07, 6.45) is 0. The van der Waals surface area contributed by atoms with Crippen molar-refractivity contribution < 1.29 is 13.2 Å². The van der Waals surface area contributed by atoms with Crippen molar-refractivity contribution in [1.29, 1.82) is 0 Å². The van der Waals surface area contributed by atoms with E-state index in [1.165, 1.54) is 11.4 Å². The largest absolute Gasteiger partial charge is 0.346 e. The maximum absolute atomic E-state index is 12.9. The molecule has 0 unspecified atom stereocenters. The first-order valence-electron chi connectivity index (χ1n) is 10.1. The molecule has 1 amide bonds. The van der Waals surface area contributed by atoms with Crippen molar-refractivity contribution in [2.24, 2.45) is 0 Å². The van der Waals surface area contributed by atoms with Crippen molar-refractivity contribution in [3.05, 3.63) is 94.5 Å². The van der Waals surface area contributed by atoms with E-state index >= 15 is 0 Å². The van der Waals surface area contributed by atoms with Gasteiger partial charge in [-0.05, 0) is 74.7 Å². The Hall–Kier alpha value is -3.12. The van der Waals surface area contributed by atoms with Gasteiger partial charge in [0.25, 0.3) is 15.9 Å². The zero-order chi connectivity index (χ0) is 22.8. The lowest BCUT2D eigenvalue weighted by Crippen LogP contribution is -2.29.